The molecular weight excluding hydrogens is 448 g/mol. The molecule has 184 valence electrons. The van der Waals surface area contributed by atoms with Crippen molar-refractivity contribution in [2.24, 2.45) is 0 Å². The minimum atomic E-state index is -0.612. The van der Waals surface area contributed by atoms with Crippen LogP contribution in [-0.4, -0.2) is 58.3 Å². The summed E-state index contributed by atoms with van der Waals surface area (Å²) in [4.78, 5) is 35.9. The van der Waals surface area contributed by atoms with E-state index in [0.29, 0.717) is 55.5 Å². The fourth-order valence-electron chi connectivity index (χ4n) is 4.48. The Balaban J connectivity index is 1.36. The van der Waals surface area contributed by atoms with Gasteiger partial charge in [-0.15, -0.1) is 0 Å². The number of piperidine rings is 1. The van der Waals surface area contributed by atoms with Gasteiger partial charge in [0.15, 0.2) is 11.5 Å². The Bertz CT molecular complexity index is 1220. The molecule has 0 bridgehead atoms. The van der Waals surface area contributed by atoms with E-state index in [1.807, 2.05) is 45.0 Å². The number of hydrogen-bond donors (Lipinski definition) is 2. The average molecular weight is 479 g/mol. The highest BCUT2D eigenvalue weighted by molar-refractivity contribution is 5.95. The monoisotopic (exact) mass is 478 g/mol. The number of fused-ring (bicyclic) bond motifs is 2. The molecule has 2 aliphatic rings. The quantitative estimate of drug-likeness (QED) is 0.584. The van der Waals surface area contributed by atoms with Crippen molar-refractivity contribution in [3.8, 4) is 11.5 Å². The molecule has 2 N–H and O–H groups in total. The maximum atomic E-state index is 13.0. The van der Waals surface area contributed by atoms with Crippen LogP contribution < -0.4 is 14.8 Å². The minimum Gasteiger partial charge on any atom is -0.486 e. The predicted molar refractivity (Wildman–Crippen MR) is 130 cm³/mol. The molecule has 3 heterocycles. The predicted octanol–water partition coefficient (Wildman–Crippen LogP) is 4.20. The van der Waals surface area contributed by atoms with Crippen molar-refractivity contribution < 1.29 is 23.8 Å². The van der Waals surface area contributed by atoms with Gasteiger partial charge < -0.3 is 24.5 Å². The summed E-state index contributed by atoms with van der Waals surface area (Å²) in [6.45, 7) is 6.94. The van der Waals surface area contributed by atoms with E-state index in [2.05, 4.69) is 10.3 Å². The highest BCUT2D eigenvalue weighted by Gasteiger charge is 2.37. The molecule has 0 aliphatic carbocycles. The van der Waals surface area contributed by atoms with Crippen LogP contribution in [-0.2, 0) is 4.74 Å². The van der Waals surface area contributed by atoms with E-state index in [1.165, 1.54) is 0 Å². The minimum absolute atomic E-state index is 0.146. The summed E-state index contributed by atoms with van der Waals surface area (Å²) >= 11 is 0. The van der Waals surface area contributed by atoms with Crippen LogP contribution in [0.3, 0.4) is 0 Å². The molecule has 2 amide bonds. The lowest BCUT2D eigenvalue weighted by Gasteiger charge is -2.39. The number of para-hydroxylation sites is 2. The molecule has 0 saturated carbocycles. The number of nitrogens with zero attached hydrogens (tertiary/aromatic N) is 2. The summed E-state index contributed by atoms with van der Waals surface area (Å²) in [5.74, 6) is 1.70. The number of hydrogen-bond acceptors (Lipinski definition) is 6. The molecule has 1 saturated heterocycles. The zero-order valence-corrected chi connectivity index (χ0v) is 20.2. The first kappa shape index (κ1) is 23.0. The van der Waals surface area contributed by atoms with Crippen LogP contribution in [0.5, 0.6) is 11.5 Å². The number of carbonyl (C=O) groups is 2. The lowest BCUT2D eigenvalue weighted by molar-refractivity contribution is 0.00580. The van der Waals surface area contributed by atoms with Crippen LogP contribution in [0.1, 0.15) is 55.8 Å². The topological polar surface area (TPSA) is 106 Å². The van der Waals surface area contributed by atoms with Gasteiger partial charge in [0.25, 0.3) is 5.91 Å². The zero-order chi connectivity index (χ0) is 24.6. The molecule has 2 atom stereocenters. The van der Waals surface area contributed by atoms with Gasteiger partial charge in [-0.2, -0.15) is 0 Å². The number of carbonyl (C=O) groups excluding carboxylic acids is 2. The summed E-state index contributed by atoms with van der Waals surface area (Å²) < 4.78 is 16.8. The zero-order valence-electron chi connectivity index (χ0n) is 20.2. The number of aromatic nitrogens is 2. The number of rotatable bonds is 3. The molecule has 9 heteroatoms. The molecule has 2 aromatic carbocycles. The van der Waals surface area contributed by atoms with Crippen molar-refractivity contribution in [2.45, 2.75) is 51.3 Å². The van der Waals surface area contributed by atoms with Gasteiger partial charge in [0, 0.05) is 18.2 Å². The number of likely N-dealkylation sites (tertiary alicyclic amines) is 1. The van der Waals surface area contributed by atoms with Crippen LogP contribution in [0.4, 0.5) is 4.79 Å². The Hall–Kier alpha value is -3.75. The van der Waals surface area contributed by atoms with Gasteiger partial charge in [-0.1, -0.05) is 12.1 Å². The number of H-pyrrole nitrogens is 1. The van der Waals surface area contributed by atoms with Crippen LogP contribution in [0.15, 0.2) is 42.5 Å². The van der Waals surface area contributed by atoms with Crippen LogP contribution in [0.25, 0.3) is 11.0 Å². The summed E-state index contributed by atoms with van der Waals surface area (Å²) in [6.07, 6.45) is 0.723. The molecule has 35 heavy (non-hydrogen) atoms. The molecule has 5 rings (SSSR count). The SMILES string of the molecule is CC(C)(C)OC(=O)N1CC[C@@H](NC(=O)c2ccc3c(c2)OCCO3)C[C@@H]1c1nc2ccccc2[nH]1. The van der Waals surface area contributed by atoms with E-state index in [0.717, 1.165) is 11.0 Å². The van der Waals surface area contributed by atoms with Gasteiger partial charge in [0.1, 0.15) is 24.6 Å². The first-order valence-electron chi connectivity index (χ1n) is 11.9. The van der Waals surface area contributed by atoms with E-state index in [1.54, 1.807) is 23.1 Å². The second-order valence-corrected chi connectivity index (χ2v) is 9.88. The summed E-state index contributed by atoms with van der Waals surface area (Å²) in [6, 6.07) is 12.4. The van der Waals surface area contributed by atoms with Crippen molar-refractivity contribution in [1.29, 1.82) is 0 Å². The van der Waals surface area contributed by atoms with Crippen molar-refractivity contribution in [3.05, 3.63) is 53.9 Å². The van der Waals surface area contributed by atoms with Gasteiger partial charge in [-0.3, -0.25) is 9.69 Å². The lowest BCUT2D eigenvalue weighted by atomic mass is 9.96. The van der Waals surface area contributed by atoms with E-state index in [-0.39, 0.29) is 24.1 Å². The molecular formula is C26H30N4O5. The fourth-order valence-corrected chi connectivity index (χ4v) is 4.48. The van der Waals surface area contributed by atoms with E-state index >= 15 is 0 Å². The molecule has 3 aromatic rings. The summed E-state index contributed by atoms with van der Waals surface area (Å²) in [5, 5.41) is 3.13. The highest BCUT2D eigenvalue weighted by atomic mass is 16.6. The van der Waals surface area contributed by atoms with E-state index < -0.39 is 5.60 Å². The molecule has 0 spiro atoms. The number of aromatic amines is 1. The molecule has 0 radical (unpaired) electrons. The maximum Gasteiger partial charge on any atom is 0.410 e. The van der Waals surface area contributed by atoms with Crippen LogP contribution >= 0.6 is 0 Å². The lowest BCUT2D eigenvalue weighted by Crippen LogP contribution is -2.49. The van der Waals surface area contributed by atoms with E-state index in [9.17, 15) is 9.59 Å². The normalized spacial score (nSPS) is 19.9. The average Bonchev–Trinajstić information content (AvgIpc) is 3.27. The Morgan fingerprint density at radius 2 is 1.89 bits per heavy atom. The maximum absolute atomic E-state index is 13.0. The Morgan fingerprint density at radius 3 is 2.66 bits per heavy atom. The molecule has 1 fully saturated rings. The third-order valence-corrected chi connectivity index (χ3v) is 6.09. The van der Waals surface area contributed by atoms with Crippen molar-refractivity contribution in [1.82, 2.24) is 20.2 Å². The van der Waals surface area contributed by atoms with Gasteiger partial charge in [0.2, 0.25) is 0 Å². The first-order valence-corrected chi connectivity index (χ1v) is 11.9. The number of imidazole rings is 1. The summed E-state index contributed by atoms with van der Waals surface area (Å²) in [5.41, 5.74) is 1.62. The van der Waals surface area contributed by atoms with Gasteiger partial charge in [-0.05, 0) is 63.9 Å². The molecule has 2 aliphatic heterocycles. The smallest absolute Gasteiger partial charge is 0.410 e. The third kappa shape index (κ3) is 5.03. The number of ether oxygens (including phenoxy) is 3. The van der Waals surface area contributed by atoms with Gasteiger partial charge in [-0.25, -0.2) is 9.78 Å². The van der Waals surface area contributed by atoms with Crippen LogP contribution in [0, 0.1) is 0 Å². The molecule has 1 aromatic heterocycles. The Kier molecular flexibility index (Phi) is 6.00. The molecule has 0 unspecified atom stereocenters. The fraction of sp³-hybridized carbons (Fsp3) is 0.423. The Labute approximate surface area is 203 Å². The number of benzene rings is 2. The van der Waals surface area contributed by atoms with Crippen molar-refractivity contribution in [3.63, 3.8) is 0 Å². The van der Waals surface area contributed by atoms with Crippen molar-refractivity contribution in [2.75, 3.05) is 19.8 Å². The van der Waals surface area contributed by atoms with E-state index in [4.69, 9.17) is 19.2 Å². The number of nitrogens with one attached hydrogen (secondary N) is 2. The van der Waals surface area contributed by atoms with Gasteiger partial charge >= 0.3 is 6.09 Å². The second-order valence-electron chi connectivity index (χ2n) is 9.88. The summed E-state index contributed by atoms with van der Waals surface area (Å²) in [7, 11) is 0. The second kappa shape index (κ2) is 9.13. The standard InChI is InChI=1S/C26H30N4O5/c1-26(2,3)35-25(32)30-11-10-17(15-20(30)23-28-18-6-4-5-7-19(18)29-23)27-24(31)16-8-9-21-22(14-16)34-13-12-33-21/h4-9,14,17,20H,10-13,15H2,1-3H3,(H,27,31)(H,28,29)/t17-,20-/m1/s1. The van der Waals surface area contributed by atoms with Crippen molar-refractivity contribution >= 4 is 23.0 Å². The first-order chi connectivity index (χ1) is 16.8. The Morgan fingerprint density at radius 1 is 1.11 bits per heavy atom. The highest BCUT2D eigenvalue weighted by Crippen LogP contribution is 2.33. The van der Waals surface area contributed by atoms with Gasteiger partial charge in [0.05, 0.1) is 17.1 Å². The van der Waals surface area contributed by atoms with Crippen LogP contribution in [0.2, 0.25) is 0 Å². The molecule has 9 nitrogen and oxygen atoms in total. The largest absolute Gasteiger partial charge is 0.486 e. The third-order valence-electron chi connectivity index (χ3n) is 6.09. The number of amides is 2.